The van der Waals surface area contributed by atoms with Crippen molar-refractivity contribution in [3.05, 3.63) is 81.1 Å². The van der Waals surface area contributed by atoms with Crippen molar-refractivity contribution in [2.45, 2.75) is 59.9 Å². The van der Waals surface area contributed by atoms with Crippen LogP contribution in [0.3, 0.4) is 0 Å². The van der Waals surface area contributed by atoms with Crippen LogP contribution in [0.2, 0.25) is 5.02 Å². The maximum Gasteiger partial charge on any atom is 0.259 e. The van der Waals surface area contributed by atoms with Crippen molar-refractivity contribution in [2.24, 2.45) is 0 Å². The molecule has 3 aromatic rings. The van der Waals surface area contributed by atoms with Crippen molar-refractivity contribution in [1.82, 2.24) is 9.78 Å². The van der Waals surface area contributed by atoms with Gasteiger partial charge in [-0.3, -0.25) is 9.48 Å². The zero-order valence-corrected chi connectivity index (χ0v) is 19.3. The second kappa shape index (κ2) is 9.05. The van der Waals surface area contributed by atoms with Crippen molar-refractivity contribution in [3.63, 3.8) is 0 Å². The highest BCUT2D eigenvalue weighted by atomic mass is 35.5. The average Bonchev–Trinajstić information content (AvgIpc) is 2.96. The van der Waals surface area contributed by atoms with Crippen LogP contribution in [0, 0.1) is 13.8 Å². The number of hydrogen-bond donors (Lipinski definition) is 1. The topological polar surface area (TPSA) is 46.9 Å². The molecule has 4 nitrogen and oxygen atoms in total. The summed E-state index contributed by atoms with van der Waals surface area (Å²) in [7, 11) is 0. The van der Waals surface area contributed by atoms with Crippen LogP contribution in [-0.4, -0.2) is 15.7 Å². The highest BCUT2D eigenvalue weighted by Gasteiger charge is 2.22. The first-order valence-corrected chi connectivity index (χ1v) is 10.8. The molecule has 1 aromatic heterocycles. The molecule has 0 saturated heterocycles. The third kappa shape index (κ3) is 4.44. The van der Waals surface area contributed by atoms with Crippen LogP contribution < -0.4 is 5.32 Å². The van der Waals surface area contributed by atoms with Gasteiger partial charge in [-0.15, -0.1) is 0 Å². The predicted octanol–water partition coefficient (Wildman–Crippen LogP) is 6.70. The molecule has 0 aliphatic carbocycles. The van der Waals surface area contributed by atoms with E-state index in [9.17, 15) is 4.79 Å². The minimum absolute atomic E-state index is 0.120. The van der Waals surface area contributed by atoms with Crippen LogP contribution in [0.25, 0.3) is 0 Å². The lowest BCUT2D eigenvalue weighted by atomic mass is 9.92. The number of rotatable bonds is 6. The summed E-state index contributed by atoms with van der Waals surface area (Å²) in [4.78, 5) is 13.3. The van der Waals surface area contributed by atoms with Crippen LogP contribution in [0.5, 0.6) is 0 Å². The minimum Gasteiger partial charge on any atom is -0.321 e. The Balaban J connectivity index is 1.96. The van der Waals surface area contributed by atoms with E-state index in [4.69, 9.17) is 11.6 Å². The Kier molecular flexibility index (Phi) is 6.67. The molecule has 1 heterocycles. The lowest BCUT2D eigenvalue weighted by Gasteiger charge is -2.20. The molecule has 0 unspecified atom stereocenters. The second-order valence-electron chi connectivity index (χ2n) is 8.37. The molecule has 0 spiro atoms. The fourth-order valence-electron chi connectivity index (χ4n) is 3.84. The average molecular weight is 424 g/mol. The highest BCUT2D eigenvalue weighted by Crippen LogP contribution is 2.33. The molecule has 1 N–H and O–H groups in total. The van der Waals surface area contributed by atoms with Gasteiger partial charge < -0.3 is 5.32 Å². The van der Waals surface area contributed by atoms with Gasteiger partial charge in [0.2, 0.25) is 0 Å². The molecule has 0 atom stereocenters. The van der Waals surface area contributed by atoms with Crippen LogP contribution in [0.1, 0.15) is 78.0 Å². The third-order valence-electron chi connectivity index (χ3n) is 5.50. The zero-order valence-electron chi connectivity index (χ0n) is 18.6. The van der Waals surface area contributed by atoms with E-state index in [-0.39, 0.29) is 5.91 Å². The molecule has 0 aliphatic rings. The summed E-state index contributed by atoms with van der Waals surface area (Å²) in [6, 6.07) is 14.0. The Morgan fingerprint density at radius 1 is 1.00 bits per heavy atom. The molecule has 30 heavy (non-hydrogen) atoms. The van der Waals surface area contributed by atoms with E-state index < -0.39 is 0 Å². The van der Waals surface area contributed by atoms with Gasteiger partial charge in [0.05, 0.1) is 17.8 Å². The summed E-state index contributed by atoms with van der Waals surface area (Å²) < 4.78 is 1.85. The minimum atomic E-state index is -0.120. The maximum atomic E-state index is 13.3. The smallest absolute Gasteiger partial charge is 0.259 e. The number of nitrogens with one attached hydrogen (secondary N) is 1. The fourth-order valence-corrected chi connectivity index (χ4v) is 4.03. The largest absolute Gasteiger partial charge is 0.321 e. The molecule has 3 rings (SSSR count). The highest BCUT2D eigenvalue weighted by molar-refractivity contribution is 6.31. The summed E-state index contributed by atoms with van der Waals surface area (Å²) in [6.45, 7) is 12.9. The van der Waals surface area contributed by atoms with Gasteiger partial charge in [0.25, 0.3) is 5.91 Å². The number of hydrogen-bond acceptors (Lipinski definition) is 2. The molecule has 0 aliphatic heterocycles. The number of aromatic nitrogens is 2. The van der Waals surface area contributed by atoms with Gasteiger partial charge in [0.15, 0.2) is 0 Å². The Hall–Kier alpha value is -2.59. The van der Waals surface area contributed by atoms with E-state index in [1.165, 1.54) is 0 Å². The van der Waals surface area contributed by atoms with Gasteiger partial charge in [-0.05, 0) is 48.4 Å². The van der Waals surface area contributed by atoms with Gasteiger partial charge in [-0.2, -0.15) is 5.10 Å². The number of halogens is 1. The molecular formula is C25H30ClN3O. The van der Waals surface area contributed by atoms with E-state index in [0.29, 0.717) is 34.7 Å². The standard InChI is InChI=1S/C25H30ClN3O/c1-15(2)20-11-9-12-21(16(3)4)24(20)27-25(30)23-17(5)28-29(18(23)6)14-19-10-7-8-13-22(19)26/h7-13,15-16H,14H2,1-6H3,(H,27,30). The van der Waals surface area contributed by atoms with Gasteiger partial charge in [-0.1, -0.05) is 75.7 Å². The van der Waals surface area contributed by atoms with Crippen molar-refractivity contribution in [1.29, 1.82) is 0 Å². The lowest BCUT2D eigenvalue weighted by molar-refractivity contribution is 0.102. The predicted molar refractivity (Wildman–Crippen MR) is 125 cm³/mol. The quantitative estimate of drug-likeness (QED) is 0.479. The van der Waals surface area contributed by atoms with E-state index >= 15 is 0 Å². The van der Waals surface area contributed by atoms with Gasteiger partial charge in [0.1, 0.15) is 0 Å². The van der Waals surface area contributed by atoms with Gasteiger partial charge in [-0.25, -0.2) is 0 Å². The van der Waals surface area contributed by atoms with E-state index in [2.05, 4.69) is 56.3 Å². The van der Waals surface area contributed by atoms with Crippen molar-refractivity contribution in [3.8, 4) is 0 Å². The molecule has 158 valence electrons. The third-order valence-corrected chi connectivity index (χ3v) is 5.87. The Morgan fingerprint density at radius 3 is 2.17 bits per heavy atom. The van der Waals surface area contributed by atoms with E-state index in [0.717, 1.165) is 28.1 Å². The van der Waals surface area contributed by atoms with Gasteiger partial charge in [0, 0.05) is 16.4 Å². The number of benzene rings is 2. The molecule has 2 aromatic carbocycles. The monoisotopic (exact) mass is 423 g/mol. The number of aryl methyl sites for hydroxylation is 1. The normalized spacial score (nSPS) is 11.4. The Bertz CT molecular complexity index is 1040. The van der Waals surface area contributed by atoms with Crippen molar-refractivity contribution >= 4 is 23.2 Å². The SMILES string of the molecule is Cc1nn(Cc2ccccc2Cl)c(C)c1C(=O)Nc1c(C(C)C)cccc1C(C)C. The number of amides is 1. The van der Waals surface area contributed by atoms with E-state index in [1.807, 2.05) is 42.8 Å². The van der Waals surface area contributed by atoms with Crippen LogP contribution in [0.4, 0.5) is 5.69 Å². The molecule has 0 bridgehead atoms. The number of carbonyl (C=O) groups excluding carboxylic acids is 1. The first-order chi connectivity index (χ1) is 14.2. The van der Waals surface area contributed by atoms with Gasteiger partial charge >= 0.3 is 0 Å². The zero-order chi connectivity index (χ0) is 22.0. The first-order valence-electron chi connectivity index (χ1n) is 10.4. The molecule has 0 radical (unpaired) electrons. The summed E-state index contributed by atoms with van der Waals surface area (Å²) >= 11 is 6.32. The molecule has 0 fully saturated rings. The number of nitrogens with zero attached hydrogens (tertiary/aromatic N) is 2. The second-order valence-corrected chi connectivity index (χ2v) is 8.78. The summed E-state index contributed by atoms with van der Waals surface area (Å²) in [6.07, 6.45) is 0. The molecule has 5 heteroatoms. The summed E-state index contributed by atoms with van der Waals surface area (Å²) in [5.41, 5.74) is 6.36. The van der Waals surface area contributed by atoms with Crippen molar-refractivity contribution in [2.75, 3.05) is 5.32 Å². The number of para-hydroxylation sites is 1. The van der Waals surface area contributed by atoms with Crippen LogP contribution in [0.15, 0.2) is 42.5 Å². The summed E-state index contributed by atoms with van der Waals surface area (Å²) in [5.74, 6) is 0.499. The van der Waals surface area contributed by atoms with Crippen molar-refractivity contribution < 1.29 is 4.79 Å². The van der Waals surface area contributed by atoms with Crippen LogP contribution in [-0.2, 0) is 6.54 Å². The lowest BCUT2D eigenvalue weighted by Crippen LogP contribution is -2.17. The Labute approximate surface area is 184 Å². The molecule has 1 amide bonds. The van der Waals surface area contributed by atoms with Crippen LogP contribution >= 0.6 is 11.6 Å². The summed E-state index contributed by atoms with van der Waals surface area (Å²) in [5, 5.41) is 8.53. The number of carbonyl (C=O) groups is 1. The molecule has 0 saturated carbocycles. The fraction of sp³-hybridized carbons (Fsp3) is 0.360. The first kappa shape index (κ1) is 22.1. The van der Waals surface area contributed by atoms with E-state index in [1.54, 1.807) is 0 Å². The maximum absolute atomic E-state index is 13.3. The number of anilines is 1. The molecular weight excluding hydrogens is 394 g/mol. The Morgan fingerprint density at radius 2 is 1.60 bits per heavy atom.